The molecule has 0 fully saturated rings. The molecule has 26 heavy (non-hydrogen) atoms. The molecule has 0 atom stereocenters. The third-order valence-electron chi connectivity index (χ3n) is 4.53. The summed E-state index contributed by atoms with van der Waals surface area (Å²) in [5, 5.41) is 6.24. The highest BCUT2D eigenvalue weighted by Gasteiger charge is 2.23. The van der Waals surface area contributed by atoms with Crippen LogP contribution >= 0.6 is 11.6 Å². The lowest BCUT2D eigenvalue weighted by Gasteiger charge is -2.16. The Bertz CT molecular complexity index is 851. The summed E-state index contributed by atoms with van der Waals surface area (Å²) >= 11 is 6.07. The van der Waals surface area contributed by atoms with Crippen LogP contribution < -0.4 is 15.5 Å². The van der Waals surface area contributed by atoms with Crippen molar-refractivity contribution in [1.82, 2.24) is 5.32 Å². The summed E-state index contributed by atoms with van der Waals surface area (Å²) in [5.74, 6) is 0.144. The van der Waals surface area contributed by atoms with Crippen LogP contribution in [-0.4, -0.2) is 18.5 Å². The predicted octanol–water partition coefficient (Wildman–Crippen LogP) is 4.27. The van der Waals surface area contributed by atoms with Crippen molar-refractivity contribution in [3.8, 4) is 0 Å². The molecular formula is C20H22ClN3O2. The van der Waals surface area contributed by atoms with Crippen LogP contribution in [0.25, 0.3) is 0 Å². The lowest BCUT2D eigenvalue weighted by molar-refractivity contribution is -0.118. The van der Waals surface area contributed by atoms with Gasteiger partial charge in [-0.25, -0.2) is 4.79 Å². The van der Waals surface area contributed by atoms with Crippen LogP contribution in [0.1, 0.15) is 30.0 Å². The molecule has 1 aliphatic heterocycles. The quantitative estimate of drug-likeness (QED) is 0.843. The minimum absolute atomic E-state index is 0.144. The van der Waals surface area contributed by atoms with Crippen LogP contribution in [0.5, 0.6) is 0 Å². The van der Waals surface area contributed by atoms with Gasteiger partial charge in [0.15, 0.2) is 0 Å². The Balaban J connectivity index is 1.59. The zero-order valence-electron chi connectivity index (χ0n) is 14.9. The molecule has 1 aliphatic rings. The zero-order valence-corrected chi connectivity index (χ0v) is 15.7. The van der Waals surface area contributed by atoms with E-state index in [4.69, 9.17) is 11.6 Å². The van der Waals surface area contributed by atoms with Gasteiger partial charge >= 0.3 is 6.03 Å². The van der Waals surface area contributed by atoms with Gasteiger partial charge in [0.2, 0.25) is 5.91 Å². The fourth-order valence-corrected chi connectivity index (χ4v) is 3.22. The smallest absolute Gasteiger partial charge is 0.319 e. The molecule has 0 spiro atoms. The number of rotatable bonds is 4. The fourth-order valence-electron chi connectivity index (χ4n) is 3.04. The molecule has 0 bridgehead atoms. The molecule has 3 rings (SSSR count). The van der Waals surface area contributed by atoms with Crippen molar-refractivity contribution in [3.05, 3.63) is 58.1 Å². The van der Waals surface area contributed by atoms with Crippen LogP contribution in [0.3, 0.4) is 0 Å². The Morgan fingerprint density at radius 1 is 1.19 bits per heavy atom. The van der Waals surface area contributed by atoms with Crippen LogP contribution in [0.15, 0.2) is 36.4 Å². The second-order valence-corrected chi connectivity index (χ2v) is 6.79. The molecule has 2 aromatic rings. The normalized spacial score (nSPS) is 12.7. The van der Waals surface area contributed by atoms with Gasteiger partial charge in [0.1, 0.15) is 0 Å². The molecule has 0 saturated heterocycles. The van der Waals surface area contributed by atoms with Gasteiger partial charge < -0.3 is 15.5 Å². The summed E-state index contributed by atoms with van der Waals surface area (Å²) in [6, 6.07) is 11.1. The maximum absolute atomic E-state index is 12.1. The van der Waals surface area contributed by atoms with E-state index in [2.05, 4.69) is 16.7 Å². The Morgan fingerprint density at radius 3 is 2.73 bits per heavy atom. The van der Waals surface area contributed by atoms with Crippen molar-refractivity contribution in [3.63, 3.8) is 0 Å². The number of anilines is 2. The number of nitrogens with one attached hydrogen (secondary N) is 2. The van der Waals surface area contributed by atoms with Gasteiger partial charge in [0.25, 0.3) is 0 Å². The monoisotopic (exact) mass is 371 g/mol. The van der Waals surface area contributed by atoms with E-state index in [1.165, 1.54) is 0 Å². The molecular weight excluding hydrogens is 350 g/mol. The van der Waals surface area contributed by atoms with Crippen molar-refractivity contribution in [1.29, 1.82) is 0 Å². The molecule has 0 aliphatic carbocycles. The first kappa shape index (κ1) is 18.3. The molecule has 1 heterocycles. The summed E-state index contributed by atoms with van der Waals surface area (Å²) in [6.07, 6.45) is 1.36. The summed E-state index contributed by atoms with van der Waals surface area (Å²) in [7, 11) is 0. The summed E-state index contributed by atoms with van der Waals surface area (Å²) in [6.45, 7) is 4.93. The summed E-state index contributed by atoms with van der Waals surface area (Å²) in [5.41, 5.74) is 4.76. The van der Waals surface area contributed by atoms with E-state index < -0.39 is 0 Å². The van der Waals surface area contributed by atoms with Crippen molar-refractivity contribution in [2.45, 2.75) is 33.2 Å². The Labute approximate surface area is 158 Å². The number of hydrogen-bond acceptors (Lipinski definition) is 2. The zero-order chi connectivity index (χ0) is 18.7. The van der Waals surface area contributed by atoms with Crippen molar-refractivity contribution in [2.75, 3.05) is 16.8 Å². The van der Waals surface area contributed by atoms with E-state index in [1.807, 2.05) is 43.0 Å². The van der Waals surface area contributed by atoms with Crippen LogP contribution in [-0.2, 0) is 17.8 Å². The number of urea groups is 1. The molecule has 6 heteroatoms. The first-order chi connectivity index (χ1) is 12.5. The van der Waals surface area contributed by atoms with Gasteiger partial charge in [-0.1, -0.05) is 36.7 Å². The lowest BCUT2D eigenvalue weighted by atomic mass is 10.1. The van der Waals surface area contributed by atoms with E-state index in [1.54, 1.807) is 6.07 Å². The first-order valence-corrected chi connectivity index (χ1v) is 9.09. The van der Waals surface area contributed by atoms with Gasteiger partial charge in [-0.3, -0.25) is 4.79 Å². The lowest BCUT2D eigenvalue weighted by Crippen LogP contribution is -2.28. The maximum atomic E-state index is 12.1. The molecule has 2 N–H and O–H groups in total. The van der Waals surface area contributed by atoms with E-state index in [9.17, 15) is 9.59 Å². The third kappa shape index (κ3) is 3.99. The van der Waals surface area contributed by atoms with Crippen molar-refractivity contribution >= 4 is 34.9 Å². The van der Waals surface area contributed by atoms with Gasteiger partial charge in [-0.15, -0.1) is 0 Å². The molecule has 0 saturated carbocycles. The first-order valence-electron chi connectivity index (χ1n) is 8.71. The number of hydrogen-bond donors (Lipinski definition) is 2. The molecule has 0 radical (unpaired) electrons. The highest BCUT2D eigenvalue weighted by atomic mass is 35.5. The molecule has 5 nitrogen and oxygen atoms in total. The van der Waals surface area contributed by atoms with E-state index >= 15 is 0 Å². The standard InChI is InChI=1S/C20H22ClN3O2/c1-3-19(25)24-9-8-15-10-14(5-7-18(15)24)12-22-20(26)23-16-6-4-13(2)17(21)11-16/h4-7,10-11H,3,8-9,12H2,1-2H3,(H2,22,23,26). The number of fused-ring (bicyclic) bond motifs is 1. The average Bonchev–Trinajstić information content (AvgIpc) is 3.05. The van der Waals surface area contributed by atoms with Gasteiger partial charge in [0, 0.05) is 35.9 Å². The maximum Gasteiger partial charge on any atom is 0.319 e. The Hall–Kier alpha value is -2.53. The van der Waals surface area contributed by atoms with E-state index in [0.29, 0.717) is 23.7 Å². The summed E-state index contributed by atoms with van der Waals surface area (Å²) < 4.78 is 0. The Kier molecular flexibility index (Phi) is 5.47. The minimum atomic E-state index is -0.284. The molecule has 0 aromatic heterocycles. The van der Waals surface area contributed by atoms with Crippen LogP contribution in [0.4, 0.5) is 16.2 Å². The summed E-state index contributed by atoms with van der Waals surface area (Å²) in [4.78, 5) is 25.9. The second-order valence-electron chi connectivity index (χ2n) is 6.38. The van der Waals surface area contributed by atoms with Crippen molar-refractivity contribution in [2.24, 2.45) is 0 Å². The highest BCUT2D eigenvalue weighted by molar-refractivity contribution is 6.31. The molecule has 2 aromatic carbocycles. The van der Waals surface area contributed by atoms with Crippen molar-refractivity contribution < 1.29 is 9.59 Å². The minimum Gasteiger partial charge on any atom is -0.334 e. The number of carbonyl (C=O) groups excluding carboxylic acids is 2. The highest BCUT2D eigenvalue weighted by Crippen LogP contribution is 2.29. The van der Waals surface area contributed by atoms with E-state index in [0.717, 1.165) is 35.3 Å². The molecule has 0 unspecified atom stereocenters. The fraction of sp³-hybridized carbons (Fsp3) is 0.300. The number of aryl methyl sites for hydroxylation is 1. The second kappa shape index (κ2) is 7.79. The third-order valence-corrected chi connectivity index (χ3v) is 4.93. The van der Waals surface area contributed by atoms with E-state index in [-0.39, 0.29) is 11.9 Å². The van der Waals surface area contributed by atoms with Gasteiger partial charge in [0.05, 0.1) is 0 Å². The number of benzene rings is 2. The number of amides is 3. The Morgan fingerprint density at radius 2 is 2.00 bits per heavy atom. The molecule has 136 valence electrons. The topological polar surface area (TPSA) is 61.4 Å². The largest absolute Gasteiger partial charge is 0.334 e. The predicted molar refractivity (Wildman–Crippen MR) is 105 cm³/mol. The SMILES string of the molecule is CCC(=O)N1CCc2cc(CNC(=O)Nc3ccc(C)c(Cl)c3)ccc21. The number of carbonyl (C=O) groups is 2. The number of halogens is 1. The van der Waals surface area contributed by atoms with Crippen LogP contribution in [0.2, 0.25) is 5.02 Å². The number of nitrogens with zero attached hydrogens (tertiary/aromatic N) is 1. The van der Waals surface area contributed by atoms with Gasteiger partial charge in [-0.2, -0.15) is 0 Å². The molecule has 3 amide bonds. The van der Waals surface area contributed by atoms with Gasteiger partial charge in [-0.05, 0) is 48.2 Å². The van der Waals surface area contributed by atoms with Crippen LogP contribution in [0, 0.1) is 6.92 Å². The average molecular weight is 372 g/mol.